The van der Waals surface area contributed by atoms with Crippen LogP contribution in [0.1, 0.15) is 29.7 Å². The monoisotopic (exact) mass is 273 g/mol. The minimum atomic E-state index is 0.285. The average molecular weight is 274 g/mol. The van der Waals surface area contributed by atoms with Gasteiger partial charge in [0.05, 0.1) is 0 Å². The van der Waals surface area contributed by atoms with E-state index in [1.807, 2.05) is 13.0 Å². The van der Waals surface area contributed by atoms with Crippen molar-refractivity contribution in [1.82, 2.24) is 9.97 Å². The Hall–Kier alpha value is -1.61. The first-order valence-corrected chi connectivity index (χ1v) is 6.99. The molecule has 19 heavy (non-hydrogen) atoms. The van der Waals surface area contributed by atoms with Crippen molar-refractivity contribution in [3.63, 3.8) is 0 Å². The number of hydrogen-bond donors (Lipinski definition) is 1. The predicted octanol–water partition coefficient (Wildman–Crippen LogP) is 4.06. The van der Waals surface area contributed by atoms with E-state index in [2.05, 4.69) is 33.5 Å². The van der Waals surface area contributed by atoms with E-state index in [1.165, 1.54) is 30.4 Å². The molecule has 0 unspecified atom stereocenters. The quantitative estimate of drug-likeness (QED) is 0.839. The first-order chi connectivity index (χ1) is 9.22. The summed E-state index contributed by atoms with van der Waals surface area (Å²) in [6, 6.07) is 8.34. The summed E-state index contributed by atoms with van der Waals surface area (Å²) in [7, 11) is 0. The van der Waals surface area contributed by atoms with Crippen LogP contribution in [-0.4, -0.2) is 9.97 Å². The van der Waals surface area contributed by atoms with E-state index in [4.69, 9.17) is 11.6 Å². The van der Waals surface area contributed by atoms with Crippen LogP contribution in [0.3, 0.4) is 0 Å². The van der Waals surface area contributed by atoms with E-state index in [1.54, 1.807) is 0 Å². The fourth-order valence-corrected chi connectivity index (χ4v) is 2.86. The molecule has 98 valence electrons. The first-order valence-electron chi connectivity index (χ1n) is 6.61. The highest BCUT2D eigenvalue weighted by atomic mass is 35.5. The normalized spacial score (nSPS) is 14.0. The standard InChI is InChI=1S/C15H16ClN3/c1-10-9-14(19-15(16)17-10)18-13-8-4-6-11-5-2-3-7-12(11)13/h4,6,8-9H,2-3,5,7H2,1H3,(H,17,18,19). The number of hydrogen-bond acceptors (Lipinski definition) is 3. The van der Waals surface area contributed by atoms with Crippen LogP contribution in [0.15, 0.2) is 24.3 Å². The van der Waals surface area contributed by atoms with Crippen LogP contribution in [0.2, 0.25) is 5.28 Å². The van der Waals surface area contributed by atoms with Crippen LogP contribution in [0.25, 0.3) is 0 Å². The van der Waals surface area contributed by atoms with Gasteiger partial charge in [0.1, 0.15) is 5.82 Å². The third-order valence-corrected chi connectivity index (χ3v) is 3.65. The van der Waals surface area contributed by atoms with Crippen LogP contribution in [-0.2, 0) is 12.8 Å². The van der Waals surface area contributed by atoms with Gasteiger partial charge in [-0.3, -0.25) is 0 Å². The van der Waals surface area contributed by atoms with Crippen molar-refractivity contribution in [1.29, 1.82) is 0 Å². The molecule has 1 aliphatic carbocycles. The highest BCUT2D eigenvalue weighted by Crippen LogP contribution is 2.29. The lowest BCUT2D eigenvalue weighted by atomic mass is 9.90. The van der Waals surface area contributed by atoms with Gasteiger partial charge in [0.2, 0.25) is 5.28 Å². The number of aryl methyl sites for hydroxylation is 2. The number of anilines is 2. The lowest BCUT2D eigenvalue weighted by molar-refractivity contribution is 0.687. The van der Waals surface area contributed by atoms with Gasteiger partial charge >= 0.3 is 0 Å². The predicted molar refractivity (Wildman–Crippen MR) is 78.1 cm³/mol. The Bertz CT molecular complexity index is 590. The topological polar surface area (TPSA) is 37.8 Å². The molecule has 0 radical (unpaired) electrons. The van der Waals surface area contributed by atoms with Gasteiger partial charge in [-0.1, -0.05) is 12.1 Å². The third-order valence-electron chi connectivity index (χ3n) is 3.49. The van der Waals surface area contributed by atoms with E-state index in [-0.39, 0.29) is 5.28 Å². The van der Waals surface area contributed by atoms with E-state index in [0.29, 0.717) is 0 Å². The fourth-order valence-electron chi connectivity index (χ4n) is 2.63. The zero-order chi connectivity index (χ0) is 13.2. The molecule has 0 spiro atoms. The molecule has 1 aromatic carbocycles. The molecule has 1 aromatic heterocycles. The molecule has 0 saturated heterocycles. The minimum Gasteiger partial charge on any atom is -0.340 e. The SMILES string of the molecule is Cc1cc(Nc2cccc3c2CCCC3)nc(Cl)n1. The molecule has 4 heteroatoms. The molecule has 0 atom stereocenters. The first kappa shape index (κ1) is 12.4. The molecule has 0 amide bonds. The Balaban J connectivity index is 1.95. The highest BCUT2D eigenvalue weighted by Gasteiger charge is 2.13. The van der Waals surface area contributed by atoms with Gasteiger partial charge in [-0.15, -0.1) is 0 Å². The molecular formula is C15H16ClN3. The molecule has 0 fully saturated rings. The van der Waals surface area contributed by atoms with Gasteiger partial charge in [-0.25, -0.2) is 9.97 Å². The average Bonchev–Trinajstić information content (AvgIpc) is 2.38. The summed E-state index contributed by atoms with van der Waals surface area (Å²) in [6.07, 6.45) is 4.86. The smallest absolute Gasteiger partial charge is 0.224 e. The summed E-state index contributed by atoms with van der Waals surface area (Å²) in [5.74, 6) is 0.761. The lowest BCUT2D eigenvalue weighted by Crippen LogP contribution is -2.07. The zero-order valence-electron chi connectivity index (χ0n) is 10.9. The summed E-state index contributed by atoms with van der Waals surface area (Å²) in [4.78, 5) is 8.30. The maximum absolute atomic E-state index is 5.90. The van der Waals surface area contributed by atoms with Gasteiger partial charge in [-0.2, -0.15) is 0 Å². The van der Waals surface area contributed by atoms with Crippen LogP contribution >= 0.6 is 11.6 Å². The Morgan fingerprint density at radius 1 is 1.16 bits per heavy atom. The Kier molecular flexibility index (Phi) is 3.38. The summed E-state index contributed by atoms with van der Waals surface area (Å²) < 4.78 is 0. The van der Waals surface area contributed by atoms with Gasteiger partial charge in [-0.05, 0) is 61.4 Å². The Morgan fingerprint density at radius 3 is 2.84 bits per heavy atom. The fraction of sp³-hybridized carbons (Fsp3) is 0.333. The molecule has 3 rings (SSSR count). The second-order valence-electron chi connectivity index (χ2n) is 4.94. The van der Waals surface area contributed by atoms with Crippen LogP contribution < -0.4 is 5.32 Å². The van der Waals surface area contributed by atoms with Crippen LogP contribution in [0, 0.1) is 6.92 Å². The van der Waals surface area contributed by atoms with Gasteiger partial charge in [0.15, 0.2) is 0 Å². The van der Waals surface area contributed by atoms with Crippen molar-refractivity contribution in [2.24, 2.45) is 0 Å². The number of fused-ring (bicyclic) bond motifs is 1. The van der Waals surface area contributed by atoms with Crippen molar-refractivity contribution < 1.29 is 0 Å². The van der Waals surface area contributed by atoms with E-state index in [0.717, 1.165) is 23.6 Å². The third kappa shape index (κ3) is 2.71. The maximum Gasteiger partial charge on any atom is 0.224 e. The summed E-state index contributed by atoms with van der Waals surface area (Å²) in [5, 5.41) is 3.66. The van der Waals surface area contributed by atoms with Crippen molar-refractivity contribution in [2.45, 2.75) is 32.6 Å². The summed E-state index contributed by atoms with van der Waals surface area (Å²) >= 11 is 5.90. The van der Waals surface area contributed by atoms with Crippen molar-refractivity contribution >= 4 is 23.1 Å². The van der Waals surface area contributed by atoms with Crippen LogP contribution in [0.4, 0.5) is 11.5 Å². The molecule has 1 N–H and O–H groups in total. The molecule has 0 aliphatic heterocycles. The molecule has 0 bridgehead atoms. The largest absolute Gasteiger partial charge is 0.340 e. The van der Waals surface area contributed by atoms with Gasteiger partial charge < -0.3 is 5.32 Å². The molecule has 0 saturated carbocycles. The molecule has 1 heterocycles. The van der Waals surface area contributed by atoms with Crippen LogP contribution in [0.5, 0.6) is 0 Å². The molecule has 3 nitrogen and oxygen atoms in total. The van der Waals surface area contributed by atoms with Crippen molar-refractivity contribution in [2.75, 3.05) is 5.32 Å². The number of halogens is 1. The van der Waals surface area contributed by atoms with E-state index < -0.39 is 0 Å². The maximum atomic E-state index is 5.90. The van der Waals surface area contributed by atoms with Gasteiger partial charge in [0, 0.05) is 17.4 Å². The number of nitrogens with one attached hydrogen (secondary N) is 1. The summed E-state index contributed by atoms with van der Waals surface area (Å²) in [5.41, 5.74) is 4.88. The van der Waals surface area contributed by atoms with E-state index >= 15 is 0 Å². The second-order valence-corrected chi connectivity index (χ2v) is 5.28. The number of rotatable bonds is 2. The summed E-state index contributed by atoms with van der Waals surface area (Å²) in [6.45, 7) is 1.92. The van der Waals surface area contributed by atoms with Crippen molar-refractivity contribution in [3.05, 3.63) is 46.4 Å². The highest BCUT2D eigenvalue weighted by molar-refractivity contribution is 6.28. The molecule has 2 aromatic rings. The Morgan fingerprint density at radius 2 is 2.00 bits per heavy atom. The van der Waals surface area contributed by atoms with Gasteiger partial charge in [0.25, 0.3) is 0 Å². The number of nitrogens with zero attached hydrogens (tertiary/aromatic N) is 2. The van der Waals surface area contributed by atoms with Crippen molar-refractivity contribution in [3.8, 4) is 0 Å². The van der Waals surface area contributed by atoms with E-state index in [9.17, 15) is 0 Å². The number of aromatic nitrogens is 2. The lowest BCUT2D eigenvalue weighted by Gasteiger charge is -2.20. The molecule has 1 aliphatic rings. The minimum absolute atomic E-state index is 0.285. The Labute approximate surface area is 118 Å². The second kappa shape index (κ2) is 5.17. The zero-order valence-corrected chi connectivity index (χ0v) is 11.7. The molecular weight excluding hydrogens is 258 g/mol. The number of benzene rings is 1.